The molecule has 1 unspecified atom stereocenters. The molecule has 0 spiro atoms. The van der Waals surface area contributed by atoms with Crippen LogP contribution in [-0.4, -0.2) is 37.2 Å². The number of hydrogen-bond acceptors (Lipinski definition) is 6. The molecule has 0 saturated heterocycles. The number of unbranched alkanes of at least 4 members (excludes halogenated alkanes) is 30. The Morgan fingerprint density at radius 1 is 0.280 bits per heavy atom. The fourth-order valence-electron chi connectivity index (χ4n) is 8.84. The normalized spacial score (nSPS) is 12.7. The number of rotatable bonds is 57. The Morgan fingerprint density at radius 3 is 0.867 bits per heavy atom. The van der Waals surface area contributed by atoms with E-state index in [1.807, 2.05) is 0 Å². The Kier molecular flexibility index (Phi) is 59.8. The first kappa shape index (κ1) is 71.3. The zero-order valence-corrected chi connectivity index (χ0v) is 49.3. The van der Waals surface area contributed by atoms with Crippen LogP contribution in [0.2, 0.25) is 0 Å². The third-order valence-electron chi connectivity index (χ3n) is 13.6. The second-order valence-electron chi connectivity index (χ2n) is 20.9. The number of allylic oxidation sites excluding steroid dienone is 16. The van der Waals surface area contributed by atoms with Crippen LogP contribution in [0.1, 0.15) is 303 Å². The van der Waals surface area contributed by atoms with Crippen LogP contribution in [0, 0.1) is 0 Å². The Morgan fingerprint density at radius 2 is 0.547 bits per heavy atom. The zero-order chi connectivity index (χ0) is 54.3. The molecule has 0 aliphatic rings. The van der Waals surface area contributed by atoms with Gasteiger partial charge in [-0.05, 0) is 96.3 Å². The lowest BCUT2D eigenvalue weighted by Crippen LogP contribution is -2.30. The maximum atomic E-state index is 12.8. The Hall–Kier alpha value is -3.67. The van der Waals surface area contributed by atoms with Crippen LogP contribution in [0.5, 0.6) is 0 Å². The Bertz CT molecular complexity index is 1480. The van der Waals surface area contributed by atoms with Crippen molar-refractivity contribution in [3.63, 3.8) is 0 Å². The summed E-state index contributed by atoms with van der Waals surface area (Å²) in [5.41, 5.74) is 0. The molecule has 430 valence electrons. The molecule has 0 aromatic carbocycles. The average Bonchev–Trinajstić information content (AvgIpc) is 3.41. The van der Waals surface area contributed by atoms with Gasteiger partial charge in [-0.2, -0.15) is 0 Å². The molecule has 0 heterocycles. The van der Waals surface area contributed by atoms with Crippen LogP contribution < -0.4 is 0 Å². The molecule has 0 aliphatic heterocycles. The summed E-state index contributed by atoms with van der Waals surface area (Å²) in [6.07, 6.45) is 84.4. The first-order valence-corrected chi connectivity index (χ1v) is 31.7. The van der Waals surface area contributed by atoms with E-state index < -0.39 is 6.10 Å². The highest BCUT2D eigenvalue weighted by atomic mass is 16.6. The van der Waals surface area contributed by atoms with Crippen molar-refractivity contribution in [2.75, 3.05) is 13.2 Å². The van der Waals surface area contributed by atoms with Crippen molar-refractivity contribution in [2.24, 2.45) is 0 Å². The highest BCUT2D eigenvalue weighted by Gasteiger charge is 2.19. The Labute approximate surface area is 464 Å². The van der Waals surface area contributed by atoms with Gasteiger partial charge in [0, 0.05) is 19.3 Å². The number of carbonyl (C=O) groups is 3. The third-order valence-corrected chi connectivity index (χ3v) is 13.6. The van der Waals surface area contributed by atoms with Crippen LogP contribution in [0.4, 0.5) is 0 Å². The lowest BCUT2D eigenvalue weighted by atomic mass is 10.0. The quantitative estimate of drug-likeness (QED) is 0.0261. The van der Waals surface area contributed by atoms with Crippen LogP contribution in [0.15, 0.2) is 97.2 Å². The summed E-state index contributed by atoms with van der Waals surface area (Å²) in [7, 11) is 0. The van der Waals surface area contributed by atoms with Crippen molar-refractivity contribution in [3.8, 4) is 0 Å². The van der Waals surface area contributed by atoms with Gasteiger partial charge in [-0.25, -0.2) is 0 Å². The lowest BCUT2D eigenvalue weighted by Gasteiger charge is -2.18. The summed E-state index contributed by atoms with van der Waals surface area (Å²) in [4.78, 5) is 38.0. The molecule has 75 heavy (non-hydrogen) atoms. The van der Waals surface area contributed by atoms with E-state index in [0.29, 0.717) is 19.3 Å². The van der Waals surface area contributed by atoms with Crippen LogP contribution in [-0.2, 0) is 28.6 Å². The van der Waals surface area contributed by atoms with E-state index in [0.717, 1.165) is 128 Å². The van der Waals surface area contributed by atoms with Crippen molar-refractivity contribution >= 4 is 17.9 Å². The monoisotopic (exact) mass is 1040 g/mol. The molecule has 0 bridgehead atoms. The van der Waals surface area contributed by atoms with Gasteiger partial charge in [0.1, 0.15) is 13.2 Å². The fourth-order valence-corrected chi connectivity index (χ4v) is 8.84. The first-order chi connectivity index (χ1) is 37.0. The standard InChI is InChI=1S/C69H118O6/c1-4-7-10-13-16-19-21-23-24-25-26-27-28-29-30-31-32-33-34-35-36-37-38-39-40-41-42-43-44-46-47-50-53-56-59-62-68(71)74-65-66(64-73-67(70)61-58-55-52-49-18-15-12-9-6-3)75-69(72)63-60-57-54-51-48-45-22-20-17-14-11-8-5-2/h7,10-11,14,16,19-20,22-24,26-27,29-30,32-33,66H,4-6,8-9,12-13,15,17-18,21,25,28,31,34-65H2,1-3H3/b10-7-,14-11-,19-16-,22-20-,24-23-,27-26-,30-29-,33-32-. The minimum atomic E-state index is -0.780. The fraction of sp³-hybridized carbons (Fsp3) is 0.725. The molecule has 6 heteroatoms. The minimum Gasteiger partial charge on any atom is -0.462 e. The van der Waals surface area contributed by atoms with Gasteiger partial charge in [-0.3, -0.25) is 14.4 Å². The number of hydrogen-bond donors (Lipinski definition) is 0. The van der Waals surface area contributed by atoms with E-state index in [-0.39, 0.29) is 31.1 Å². The van der Waals surface area contributed by atoms with Gasteiger partial charge in [-0.1, -0.05) is 285 Å². The molecule has 0 amide bonds. The first-order valence-electron chi connectivity index (χ1n) is 31.7. The van der Waals surface area contributed by atoms with Crippen LogP contribution >= 0.6 is 0 Å². The minimum absolute atomic E-state index is 0.0789. The molecule has 6 nitrogen and oxygen atoms in total. The van der Waals surface area contributed by atoms with Crippen molar-refractivity contribution in [3.05, 3.63) is 97.2 Å². The summed E-state index contributed by atoms with van der Waals surface area (Å²) in [5, 5.41) is 0. The molecule has 0 radical (unpaired) electrons. The summed E-state index contributed by atoms with van der Waals surface area (Å²) in [5.74, 6) is -0.888. The smallest absolute Gasteiger partial charge is 0.306 e. The lowest BCUT2D eigenvalue weighted by molar-refractivity contribution is -0.167. The predicted octanol–water partition coefficient (Wildman–Crippen LogP) is 21.7. The Balaban J connectivity index is 4.04. The molecule has 0 aromatic heterocycles. The largest absolute Gasteiger partial charge is 0.462 e. The summed E-state index contributed by atoms with van der Waals surface area (Å²) >= 11 is 0. The van der Waals surface area contributed by atoms with Crippen molar-refractivity contribution in [2.45, 2.75) is 309 Å². The highest BCUT2D eigenvalue weighted by molar-refractivity contribution is 5.71. The maximum Gasteiger partial charge on any atom is 0.306 e. The van der Waals surface area contributed by atoms with Gasteiger partial charge in [0.05, 0.1) is 0 Å². The number of carbonyl (C=O) groups excluding carboxylic acids is 3. The van der Waals surface area contributed by atoms with Gasteiger partial charge in [-0.15, -0.1) is 0 Å². The van der Waals surface area contributed by atoms with E-state index in [4.69, 9.17) is 14.2 Å². The van der Waals surface area contributed by atoms with E-state index >= 15 is 0 Å². The second kappa shape index (κ2) is 62.9. The summed E-state index contributed by atoms with van der Waals surface area (Å²) in [6.45, 7) is 6.44. The van der Waals surface area contributed by atoms with E-state index in [1.54, 1.807) is 0 Å². The molecule has 0 rings (SSSR count). The molecule has 1 atom stereocenters. The van der Waals surface area contributed by atoms with Crippen LogP contribution in [0.3, 0.4) is 0 Å². The summed E-state index contributed by atoms with van der Waals surface area (Å²) < 4.78 is 16.8. The van der Waals surface area contributed by atoms with Gasteiger partial charge < -0.3 is 14.2 Å². The van der Waals surface area contributed by atoms with Crippen molar-refractivity contribution < 1.29 is 28.6 Å². The average molecular weight is 1040 g/mol. The van der Waals surface area contributed by atoms with E-state index in [2.05, 4.69) is 118 Å². The zero-order valence-electron chi connectivity index (χ0n) is 49.3. The van der Waals surface area contributed by atoms with E-state index in [1.165, 1.54) is 135 Å². The van der Waals surface area contributed by atoms with Crippen LogP contribution in [0.25, 0.3) is 0 Å². The van der Waals surface area contributed by atoms with Gasteiger partial charge in [0.15, 0.2) is 6.10 Å². The third kappa shape index (κ3) is 61.1. The van der Waals surface area contributed by atoms with Gasteiger partial charge >= 0.3 is 17.9 Å². The molecule has 0 fully saturated rings. The topological polar surface area (TPSA) is 78.9 Å². The molecule has 0 aliphatic carbocycles. The molecule has 0 N–H and O–H groups in total. The van der Waals surface area contributed by atoms with E-state index in [9.17, 15) is 14.4 Å². The number of ether oxygens (including phenoxy) is 3. The van der Waals surface area contributed by atoms with Crippen molar-refractivity contribution in [1.29, 1.82) is 0 Å². The van der Waals surface area contributed by atoms with Gasteiger partial charge in [0.25, 0.3) is 0 Å². The van der Waals surface area contributed by atoms with Crippen molar-refractivity contribution in [1.82, 2.24) is 0 Å². The van der Waals surface area contributed by atoms with Gasteiger partial charge in [0.2, 0.25) is 0 Å². The second-order valence-corrected chi connectivity index (χ2v) is 20.9. The molecule has 0 saturated carbocycles. The molecule has 0 aromatic rings. The maximum absolute atomic E-state index is 12.8. The summed E-state index contributed by atoms with van der Waals surface area (Å²) in [6, 6.07) is 0. The highest BCUT2D eigenvalue weighted by Crippen LogP contribution is 2.16. The SMILES string of the molecule is CC/C=C\C/C=C\C/C=C\C/C=C\C/C=C\C/C=C\CCCCCCCCCCCCCCCCCCC(=O)OCC(COC(=O)CCCCCCCCCCC)OC(=O)CCCCCCC/C=C\C/C=C\CCC. The molecular formula is C69H118O6. The number of esters is 3. The molecular weight excluding hydrogens is 925 g/mol. The predicted molar refractivity (Wildman–Crippen MR) is 325 cm³/mol.